The fourth-order valence-electron chi connectivity index (χ4n) is 8.10. The van der Waals surface area contributed by atoms with Crippen molar-refractivity contribution in [2.75, 3.05) is 26.8 Å². The second-order valence-corrected chi connectivity index (χ2v) is 12.9. The summed E-state index contributed by atoms with van der Waals surface area (Å²) < 4.78 is 17.5. The zero-order valence-electron chi connectivity index (χ0n) is 22.7. The van der Waals surface area contributed by atoms with Crippen molar-refractivity contribution in [2.45, 2.75) is 89.3 Å². The average molecular weight is 496 g/mol. The van der Waals surface area contributed by atoms with Crippen LogP contribution in [0, 0.1) is 23.2 Å². The van der Waals surface area contributed by atoms with E-state index in [4.69, 9.17) is 14.2 Å². The van der Waals surface area contributed by atoms with Crippen LogP contribution < -0.4 is 10.1 Å². The number of hydrogen-bond donors (Lipinski definition) is 1. The van der Waals surface area contributed by atoms with Crippen molar-refractivity contribution in [3.05, 3.63) is 42.0 Å². The first-order valence-corrected chi connectivity index (χ1v) is 14.0. The number of benzene rings is 1. The predicted octanol–water partition coefficient (Wildman–Crippen LogP) is 5.82. The van der Waals surface area contributed by atoms with Crippen LogP contribution in [-0.2, 0) is 19.7 Å². The second kappa shape index (κ2) is 9.79. The lowest BCUT2D eigenvalue weighted by Gasteiger charge is -2.50. The summed E-state index contributed by atoms with van der Waals surface area (Å²) in [7, 11) is 1.71. The van der Waals surface area contributed by atoms with Crippen molar-refractivity contribution in [1.29, 1.82) is 0 Å². The first-order valence-electron chi connectivity index (χ1n) is 14.0. The zero-order valence-corrected chi connectivity index (χ0v) is 22.7. The molecule has 6 atom stereocenters. The number of ether oxygens (including phenoxy) is 3. The molecule has 0 amide bonds. The van der Waals surface area contributed by atoms with Crippen LogP contribution in [0.1, 0.15) is 77.7 Å². The van der Waals surface area contributed by atoms with Crippen molar-refractivity contribution in [3.63, 3.8) is 0 Å². The highest BCUT2D eigenvalue weighted by Gasteiger charge is 2.55. The van der Waals surface area contributed by atoms with Crippen LogP contribution in [0.25, 0.3) is 0 Å². The van der Waals surface area contributed by atoms with Crippen molar-refractivity contribution in [3.8, 4) is 5.75 Å². The van der Waals surface area contributed by atoms with E-state index in [0.717, 1.165) is 57.4 Å². The van der Waals surface area contributed by atoms with E-state index in [0.29, 0.717) is 18.4 Å². The van der Waals surface area contributed by atoms with Gasteiger partial charge in [-0.25, -0.2) is 0 Å². The van der Waals surface area contributed by atoms with Gasteiger partial charge in [0, 0.05) is 24.5 Å². The summed E-state index contributed by atoms with van der Waals surface area (Å²) in [4.78, 5) is 12.9. The summed E-state index contributed by atoms with van der Waals surface area (Å²) in [5.74, 6) is 1.69. The number of carbonyl (C=O) groups excluding carboxylic acids is 1. The molecule has 2 aliphatic heterocycles. The molecule has 2 saturated heterocycles. The Morgan fingerprint density at radius 1 is 1.17 bits per heavy atom. The van der Waals surface area contributed by atoms with Crippen LogP contribution in [0.4, 0.5) is 0 Å². The molecule has 0 unspecified atom stereocenters. The van der Waals surface area contributed by atoms with Gasteiger partial charge in [-0.15, -0.1) is 0 Å². The Morgan fingerprint density at radius 2 is 1.94 bits per heavy atom. The Hall–Kier alpha value is -1.85. The average Bonchev–Trinajstić information content (AvgIpc) is 3.13. The number of hydrogen-bond acceptors (Lipinski definition) is 5. The highest BCUT2D eigenvalue weighted by Crippen LogP contribution is 2.56. The molecule has 198 valence electrons. The maximum atomic E-state index is 12.9. The molecule has 1 aromatic carbocycles. The maximum absolute atomic E-state index is 12.9. The molecule has 0 bridgehead atoms. The number of allylic oxidation sites excluding steroid dienone is 1. The number of fused-ring (bicyclic) bond motifs is 2. The fourth-order valence-corrected chi connectivity index (χ4v) is 8.10. The van der Waals surface area contributed by atoms with Crippen molar-refractivity contribution >= 4 is 5.97 Å². The van der Waals surface area contributed by atoms with Gasteiger partial charge in [-0.2, -0.15) is 0 Å². The number of methoxy groups -OCH3 is 1. The van der Waals surface area contributed by atoms with E-state index in [-0.39, 0.29) is 34.4 Å². The van der Waals surface area contributed by atoms with Crippen molar-refractivity contribution < 1.29 is 19.0 Å². The van der Waals surface area contributed by atoms with Crippen LogP contribution in [-0.4, -0.2) is 44.5 Å². The molecule has 2 aliphatic carbocycles. The molecule has 0 spiro atoms. The Labute approximate surface area is 217 Å². The number of esters is 1. The normalized spacial score (nSPS) is 37.7. The summed E-state index contributed by atoms with van der Waals surface area (Å²) in [5.41, 5.74) is 2.89. The van der Waals surface area contributed by atoms with E-state index >= 15 is 0 Å². The molecule has 0 radical (unpaired) electrons. The minimum absolute atomic E-state index is 0.00225. The molecular weight excluding hydrogens is 450 g/mol. The monoisotopic (exact) mass is 495 g/mol. The lowest BCUT2D eigenvalue weighted by molar-refractivity contribution is -0.146. The van der Waals surface area contributed by atoms with Gasteiger partial charge in [-0.05, 0) is 101 Å². The highest BCUT2D eigenvalue weighted by molar-refractivity contribution is 5.75. The van der Waals surface area contributed by atoms with Crippen LogP contribution >= 0.6 is 0 Å². The van der Waals surface area contributed by atoms with Crippen LogP contribution in [0.3, 0.4) is 0 Å². The first-order chi connectivity index (χ1) is 17.1. The predicted molar refractivity (Wildman–Crippen MR) is 142 cm³/mol. The van der Waals surface area contributed by atoms with E-state index in [1.54, 1.807) is 7.11 Å². The third-order valence-corrected chi connectivity index (χ3v) is 10.0. The molecule has 5 heteroatoms. The first kappa shape index (κ1) is 25.8. The molecule has 4 fully saturated rings. The third kappa shape index (κ3) is 4.86. The number of carbonyl (C=O) groups is 1. The number of nitrogens with one attached hydrogen (secondary N) is 1. The van der Waals surface area contributed by atoms with Gasteiger partial charge in [0.05, 0.1) is 18.6 Å². The molecule has 2 saturated carbocycles. The summed E-state index contributed by atoms with van der Waals surface area (Å²) in [6.07, 6.45) is 8.73. The smallest absolute Gasteiger partial charge is 0.310 e. The molecule has 2 heterocycles. The van der Waals surface area contributed by atoms with Crippen molar-refractivity contribution in [2.24, 2.45) is 23.2 Å². The van der Waals surface area contributed by atoms with Gasteiger partial charge in [0.1, 0.15) is 11.9 Å². The zero-order chi connectivity index (χ0) is 25.6. The largest absolute Gasteiger partial charge is 0.497 e. The summed E-state index contributed by atoms with van der Waals surface area (Å²) in [5, 5.41) is 3.69. The Kier molecular flexibility index (Phi) is 7.01. The Morgan fingerprint density at radius 3 is 2.67 bits per heavy atom. The van der Waals surface area contributed by atoms with E-state index < -0.39 is 0 Å². The Balaban J connectivity index is 1.24. The van der Waals surface area contributed by atoms with Gasteiger partial charge in [-0.3, -0.25) is 4.79 Å². The van der Waals surface area contributed by atoms with Gasteiger partial charge in [0.15, 0.2) is 0 Å². The minimum atomic E-state index is -0.155. The van der Waals surface area contributed by atoms with E-state index in [9.17, 15) is 4.79 Å². The minimum Gasteiger partial charge on any atom is -0.497 e. The molecule has 1 aromatic rings. The van der Waals surface area contributed by atoms with Crippen molar-refractivity contribution in [1.82, 2.24) is 5.32 Å². The van der Waals surface area contributed by atoms with Gasteiger partial charge >= 0.3 is 5.97 Å². The highest BCUT2D eigenvalue weighted by atomic mass is 16.6. The van der Waals surface area contributed by atoms with Crippen LogP contribution in [0.5, 0.6) is 5.75 Å². The molecule has 1 N–H and O–H groups in total. The number of rotatable bonds is 7. The molecule has 36 heavy (non-hydrogen) atoms. The lowest BCUT2D eigenvalue weighted by atomic mass is 9.55. The molecule has 4 aliphatic rings. The SMILES string of the molecule is C=C1CCC[C@]2(C)C[C@H]3OC(=O)[C@H](CNCC[C@@]4(c5ccc(OC)cc5)CCOC(C)(C)C4)[C@H]3C[C@H]12. The van der Waals surface area contributed by atoms with Gasteiger partial charge in [-0.1, -0.05) is 31.2 Å². The van der Waals surface area contributed by atoms with Crippen LogP contribution in [0.2, 0.25) is 0 Å². The van der Waals surface area contributed by atoms with Gasteiger partial charge < -0.3 is 19.5 Å². The second-order valence-electron chi connectivity index (χ2n) is 12.9. The summed E-state index contributed by atoms with van der Waals surface area (Å²) in [6.45, 7) is 13.6. The van der Waals surface area contributed by atoms with E-state index in [1.807, 2.05) is 0 Å². The summed E-state index contributed by atoms with van der Waals surface area (Å²) >= 11 is 0. The maximum Gasteiger partial charge on any atom is 0.310 e. The van der Waals surface area contributed by atoms with Gasteiger partial charge in [0.25, 0.3) is 0 Å². The molecule has 5 rings (SSSR count). The Bertz CT molecular complexity index is 971. The molecule has 5 nitrogen and oxygen atoms in total. The van der Waals surface area contributed by atoms with Gasteiger partial charge in [0.2, 0.25) is 0 Å². The topological polar surface area (TPSA) is 56.8 Å². The standard InChI is InChI=1S/C31H45NO4/c1-21-7-6-12-30(4)18-27-24(17-26(21)30)25(28(33)36-27)19-32-15-13-31(14-16-35-29(2,3)20-31)22-8-10-23(34-5)11-9-22/h8-11,24-27,32H,1,6-7,12-20H2,2-5H3/t24-,25-,26-,27-,30-,31-/m1/s1. The lowest BCUT2D eigenvalue weighted by Crippen LogP contribution is -2.46. The third-order valence-electron chi connectivity index (χ3n) is 10.0. The molecule has 0 aromatic heterocycles. The summed E-state index contributed by atoms with van der Waals surface area (Å²) in [6, 6.07) is 8.57. The molecular formula is C31H45NO4. The van der Waals surface area contributed by atoms with E-state index in [2.05, 4.69) is 56.9 Å². The van der Waals surface area contributed by atoms with E-state index in [1.165, 1.54) is 24.0 Å². The fraction of sp³-hybridized carbons (Fsp3) is 0.710. The van der Waals surface area contributed by atoms with Crippen LogP contribution in [0.15, 0.2) is 36.4 Å². The quantitative estimate of drug-likeness (QED) is 0.294.